The molecule has 0 aliphatic heterocycles. The normalized spacial score (nSPS) is 7.50. The summed E-state index contributed by atoms with van der Waals surface area (Å²) < 4.78 is 0. The van der Waals surface area contributed by atoms with Gasteiger partial charge in [0.15, 0.2) is 6.61 Å². The van der Waals surface area contributed by atoms with Gasteiger partial charge in [-0.15, -0.1) is 0 Å². The number of carbonyl (C=O) groups is 3. The topological polar surface area (TPSA) is 110 Å². The SMILES string of the molecule is O=C(O)CCC(=O)OOCC(=O)O.[KH].[KH].[KH]. The van der Waals surface area contributed by atoms with Crippen molar-refractivity contribution in [1.82, 2.24) is 0 Å². The Kier molecular flexibility index (Phi) is 31.5. The van der Waals surface area contributed by atoms with Crippen LogP contribution in [0.5, 0.6) is 0 Å². The molecule has 0 radical (unpaired) electrons. The van der Waals surface area contributed by atoms with E-state index in [-0.39, 0.29) is 167 Å². The van der Waals surface area contributed by atoms with Crippen LogP contribution in [-0.2, 0) is 24.2 Å². The van der Waals surface area contributed by atoms with Crippen molar-refractivity contribution in [3.8, 4) is 0 Å². The van der Waals surface area contributed by atoms with Crippen LogP contribution in [0.25, 0.3) is 0 Å². The second kappa shape index (κ2) is 18.3. The molecule has 0 heterocycles. The minimum atomic E-state index is -1.29. The van der Waals surface area contributed by atoms with Crippen molar-refractivity contribution in [3.05, 3.63) is 0 Å². The van der Waals surface area contributed by atoms with Gasteiger partial charge in [0, 0.05) is 0 Å². The van der Waals surface area contributed by atoms with E-state index in [1.807, 2.05) is 0 Å². The molecule has 2 N–H and O–H groups in total. The summed E-state index contributed by atoms with van der Waals surface area (Å²) in [5, 5.41) is 16.2. The van der Waals surface area contributed by atoms with E-state index in [0.29, 0.717) is 0 Å². The fourth-order valence-corrected chi connectivity index (χ4v) is 0.396. The van der Waals surface area contributed by atoms with E-state index in [1.54, 1.807) is 0 Å². The first-order valence-corrected chi connectivity index (χ1v) is 3.28. The maximum atomic E-state index is 10.5. The van der Waals surface area contributed by atoms with Gasteiger partial charge in [0.2, 0.25) is 0 Å². The molecule has 0 aromatic heterocycles. The van der Waals surface area contributed by atoms with Gasteiger partial charge in [-0.05, 0) is 0 Å². The molecule has 16 heavy (non-hydrogen) atoms. The summed E-state index contributed by atoms with van der Waals surface area (Å²) in [5.41, 5.74) is 0. The van der Waals surface area contributed by atoms with E-state index < -0.39 is 24.5 Å². The van der Waals surface area contributed by atoms with Crippen LogP contribution in [0.1, 0.15) is 12.8 Å². The van der Waals surface area contributed by atoms with Crippen LogP contribution >= 0.6 is 0 Å². The summed E-state index contributed by atoms with van der Waals surface area (Å²) in [6, 6.07) is 0. The van der Waals surface area contributed by atoms with Crippen molar-refractivity contribution in [3.63, 3.8) is 0 Å². The zero-order valence-electron chi connectivity index (χ0n) is 6.56. The molecule has 0 rings (SSSR count). The summed E-state index contributed by atoms with van der Waals surface area (Å²) in [7, 11) is 0. The van der Waals surface area contributed by atoms with Gasteiger partial charge in [-0.2, -0.15) is 4.89 Å². The van der Waals surface area contributed by atoms with Crippen LogP contribution in [0, 0.1) is 0 Å². The molecule has 0 amide bonds. The molecule has 0 atom stereocenters. The monoisotopic (exact) mass is 312 g/mol. The molecule has 80 valence electrons. The molecular weight excluding hydrogens is 301 g/mol. The van der Waals surface area contributed by atoms with E-state index >= 15 is 0 Å². The van der Waals surface area contributed by atoms with Crippen LogP contribution < -0.4 is 0 Å². The summed E-state index contributed by atoms with van der Waals surface area (Å²) in [4.78, 5) is 38.2. The summed E-state index contributed by atoms with van der Waals surface area (Å²) >= 11 is 0. The van der Waals surface area contributed by atoms with Crippen LogP contribution in [0.15, 0.2) is 0 Å². The molecule has 0 aliphatic rings. The van der Waals surface area contributed by atoms with Crippen LogP contribution in [0.4, 0.5) is 0 Å². The van der Waals surface area contributed by atoms with Crippen LogP contribution in [-0.4, -0.2) is 189 Å². The summed E-state index contributed by atoms with van der Waals surface area (Å²) in [5.74, 6) is -3.34. The number of carbonyl (C=O) groups excluding carboxylic acids is 1. The van der Waals surface area contributed by atoms with E-state index in [2.05, 4.69) is 9.78 Å². The number of rotatable bonds is 6. The molecule has 10 heteroatoms. The van der Waals surface area contributed by atoms with Gasteiger partial charge in [-0.1, -0.05) is 0 Å². The predicted molar refractivity (Wildman–Crippen MR) is 58.0 cm³/mol. The molecule has 0 aromatic carbocycles. The third-order valence-electron chi connectivity index (χ3n) is 0.877. The Labute approximate surface area is 220 Å². The fourth-order valence-electron chi connectivity index (χ4n) is 0.396. The first kappa shape index (κ1) is 27.6. The van der Waals surface area contributed by atoms with Gasteiger partial charge in [-0.25, -0.2) is 9.59 Å². The zero-order valence-corrected chi connectivity index (χ0v) is 6.56. The summed E-state index contributed by atoms with van der Waals surface area (Å²) in [6.07, 6.45) is -0.732. The number of aliphatic carboxylic acids is 2. The second-order valence-corrected chi connectivity index (χ2v) is 2.01. The van der Waals surface area contributed by atoms with Gasteiger partial charge in [0.05, 0.1) is 12.8 Å². The molecule has 0 aliphatic carbocycles. The average molecular weight is 312 g/mol. The van der Waals surface area contributed by atoms with E-state index in [1.165, 1.54) is 0 Å². The van der Waals surface area contributed by atoms with Gasteiger partial charge in [-0.3, -0.25) is 9.68 Å². The Hall–Kier alpha value is 3.28. The molecule has 0 bridgehead atoms. The van der Waals surface area contributed by atoms with E-state index in [9.17, 15) is 14.4 Å². The first-order valence-electron chi connectivity index (χ1n) is 3.28. The molecule has 7 nitrogen and oxygen atoms in total. The van der Waals surface area contributed by atoms with Crippen molar-refractivity contribution in [2.24, 2.45) is 0 Å². The molecule has 0 saturated carbocycles. The maximum absolute atomic E-state index is 10.5. The molecule has 0 aromatic rings. The Balaban J connectivity index is -0.000000240. The van der Waals surface area contributed by atoms with Crippen molar-refractivity contribution in [1.29, 1.82) is 0 Å². The molecule has 0 saturated heterocycles. The molecule has 0 unspecified atom stereocenters. The Morgan fingerprint density at radius 1 is 0.875 bits per heavy atom. The summed E-state index contributed by atoms with van der Waals surface area (Å²) in [6.45, 7) is -0.765. The molecular formula is C6H11K3O7. The van der Waals surface area contributed by atoms with Crippen LogP contribution in [0.2, 0.25) is 0 Å². The van der Waals surface area contributed by atoms with E-state index in [0.717, 1.165) is 0 Å². The van der Waals surface area contributed by atoms with Gasteiger partial charge in [0.1, 0.15) is 0 Å². The Morgan fingerprint density at radius 3 is 1.75 bits per heavy atom. The number of hydrogen-bond donors (Lipinski definition) is 2. The van der Waals surface area contributed by atoms with Gasteiger partial charge in [0.25, 0.3) is 0 Å². The minimum absolute atomic E-state index is 0. The van der Waals surface area contributed by atoms with Gasteiger partial charge >= 0.3 is 172 Å². The van der Waals surface area contributed by atoms with Crippen molar-refractivity contribution >= 4 is 172 Å². The predicted octanol–water partition coefficient (Wildman–Crippen LogP) is -2.53. The number of carboxylic acids is 2. The third-order valence-corrected chi connectivity index (χ3v) is 0.877. The Morgan fingerprint density at radius 2 is 1.38 bits per heavy atom. The zero-order chi connectivity index (χ0) is 10.3. The Bertz CT molecular complexity index is 220. The second-order valence-electron chi connectivity index (χ2n) is 2.01. The average Bonchev–Trinajstić information content (AvgIpc) is 2.00. The standard InChI is InChI=1S/C6H8O7.3K.3H/c7-4(8)1-2-6(11)13-12-3-5(9)10;;;;;;/h1-3H2,(H,7,8)(H,9,10);;;;;;. The third kappa shape index (κ3) is 22.5. The van der Waals surface area contributed by atoms with Crippen molar-refractivity contribution in [2.75, 3.05) is 6.61 Å². The number of hydrogen-bond acceptors (Lipinski definition) is 5. The van der Waals surface area contributed by atoms with E-state index in [4.69, 9.17) is 10.2 Å². The molecule has 0 fully saturated rings. The van der Waals surface area contributed by atoms with Crippen molar-refractivity contribution in [2.45, 2.75) is 12.8 Å². The van der Waals surface area contributed by atoms with Gasteiger partial charge < -0.3 is 10.2 Å². The van der Waals surface area contributed by atoms with Crippen molar-refractivity contribution < 1.29 is 34.4 Å². The first-order chi connectivity index (χ1) is 6.02. The van der Waals surface area contributed by atoms with Crippen LogP contribution in [0.3, 0.4) is 0 Å². The molecule has 0 spiro atoms. The number of carboxylic acid groups (broad SMARTS) is 2. The quantitative estimate of drug-likeness (QED) is 0.316. The fraction of sp³-hybridized carbons (Fsp3) is 0.500.